The summed E-state index contributed by atoms with van der Waals surface area (Å²) in [4.78, 5) is 28.4. The number of thioether (sulfide) groups is 1. The fraction of sp³-hybridized carbons (Fsp3) is 0.652. The number of hydrogen-bond donors (Lipinski definition) is 0. The second-order valence-electron chi connectivity index (χ2n) is 9.27. The van der Waals surface area contributed by atoms with Crippen LogP contribution in [0.25, 0.3) is 11.4 Å². The molecule has 0 N–H and O–H groups in total. The van der Waals surface area contributed by atoms with Crippen molar-refractivity contribution < 1.29 is 9.53 Å². The average Bonchev–Trinajstić information content (AvgIpc) is 3.18. The topological polar surface area (TPSA) is 73.1 Å². The standard InChI is InChI=1S/C23H35N5O2S/c1-23(2,3)22-26-20(16-28(22)15-17-7-10-30-11-8-17)18-13-24-14-19(25-18)21(29)27(4)9-6-12-31-5/h13-14,16-17H,6-12,15H2,1-5H3. The van der Waals surface area contributed by atoms with Crippen LogP contribution in [0.3, 0.4) is 0 Å². The highest BCUT2D eigenvalue weighted by atomic mass is 32.2. The number of carbonyl (C=O) groups is 1. The van der Waals surface area contributed by atoms with Crippen molar-refractivity contribution in [2.24, 2.45) is 5.92 Å². The van der Waals surface area contributed by atoms with Gasteiger partial charge in [0.05, 0.1) is 12.4 Å². The molecule has 2 aromatic heterocycles. The van der Waals surface area contributed by atoms with Crippen molar-refractivity contribution in [3.05, 3.63) is 30.1 Å². The third-order valence-corrected chi connectivity index (χ3v) is 6.24. The number of imidazole rings is 1. The lowest BCUT2D eigenvalue weighted by Gasteiger charge is -2.25. The van der Waals surface area contributed by atoms with Gasteiger partial charge in [0.15, 0.2) is 0 Å². The van der Waals surface area contributed by atoms with Crippen molar-refractivity contribution in [3.63, 3.8) is 0 Å². The Morgan fingerprint density at radius 3 is 2.65 bits per heavy atom. The third kappa shape index (κ3) is 6.29. The predicted molar refractivity (Wildman–Crippen MR) is 125 cm³/mol. The molecule has 1 amide bonds. The van der Waals surface area contributed by atoms with Crippen molar-refractivity contribution in [2.75, 3.05) is 38.8 Å². The van der Waals surface area contributed by atoms with Gasteiger partial charge in [0.25, 0.3) is 5.91 Å². The predicted octanol–water partition coefficient (Wildman–Crippen LogP) is 3.89. The zero-order chi connectivity index (χ0) is 22.4. The van der Waals surface area contributed by atoms with E-state index in [9.17, 15) is 4.79 Å². The first-order valence-electron chi connectivity index (χ1n) is 11.0. The van der Waals surface area contributed by atoms with Crippen LogP contribution in [0, 0.1) is 5.92 Å². The third-order valence-electron chi connectivity index (χ3n) is 5.55. The molecule has 0 aromatic carbocycles. The van der Waals surface area contributed by atoms with Crippen LogP contribution in [-0.2, 0) is 16.7 Å². The summed E-state index contributed by atoms with van der Waals surface area (Å²) in [6.07, 6.45) is 10.5. The molecular formula is C23H35N5O2S. The monoisotopic (exact) mass is 445 g/mol. The van der Waals surface area contributed by atoms with Crippen LogP contribution in [-0.4, -0.2) is 69.1 Å². The van der Waals surface area contributed by atoms with E-state index in [2.05, 4.69) is 47.8 Å². The summed E-state index contributed by atoms with van der Waals surface area (Å²) in [6.45, 7) is 9.82. The molecule has 0 saturated carbocycles. The fourth-order valence-electron chi connectivity index (χ4n) is 3.82. The number of amides is 1. The maximum absolute atomic E-state index is 12.8. The molecule has 0 aliphatic carbocycles. The van der Waals surface area contributed by atoms with Gasteiger partial charge in [-0.25, -0.2) is 9.97 Å². The Hall–Kier alpha value is -1.93. The first-order valence-corrected chi connectivity index (χ1v) is 12.4. The van der Waals surface area contributed by atoms with Gasteiger partial charge in [0.2, 0.25) is 0 Å². The van der Waals surface area contributed by atoms with Gasteiger partial charge in [0.1, 0.15) is 22.9 Å². The van der Waals surface area contributed by atoms with Gasteiger partial charge in [-0.2, -0.15) is 11.8 Å². The number of aromatic nitrogens is 4. The highest BCUT2D eigenvalue weighted by molar-refractivity contribution is 7.98. The lowest BCUT2D eigenvalue weighted by atomic mass is 9.94. The Labute approximate surface area is 190 Å². The first-order chi connectivity index (χ1) is 14.8. The first kappa shape index (κ1) is 23.7. The molecule has 0 spiro atoms. The van der Waals surface area contributed by atoms with E-state index in [1.54, 1.807) is 29.1 Å². The smallest absolute Gasteiger partial charge is 0.273 e. The van der Waals surface area contributed by atoms with E-state index in [0.29, 0.717) is 23.9 Å². The van der Waals surface area contributed by atoms with Crippen LogP contribution in [0.1, 0.15) is 56.3 Å². The summed E-state index contributed by atoms with van der Waals surface area (Å²) in [5.74, 6) is 2.55. The Bertz CT molecular complexity index is 871. The highest BCUT2D eigenvalue weighted by Crippen LogP contribution is 2.28. The Balaban J connectivity index is 1.83. The largest absolute Gasteiger partial charge is 0.381 e. The Morgan fingerprint density at radius 2 is 1.97 bits per heavy atom. The molecule has 31 heavy (non-hydrogen) atoms. The van der Waals surface area contributed by atoms with E-state index in [-0.39, 0.29) is 11.3 Å². The molecule has 8 heteroatoms. The van der Waals surface area contributed by atoms with Crippen molar-refractivity contribution in [1.82, 2.24) is 24.4 Å². The van der Waals surface area contributed by atoms with Crippen molar-refractivity contribution in [3.8, 4) is 11.4 Å². The van der Waals surface area contributed by atoms with Gasteiger partial charge < -0.3 is 14.2 Å². The second kappa shape index (κ2) is 10.6. The van der Waals surface area contributed by atoms with Crippen LogP contribution in [0.15, 0.2) is 18.6 Å². The van der Waals surface area contributed by atoms with Crippen molar-refractivity contribution in [1.29, 1.82) is 0 Å². The van der Waals surface area contributed by atoms with Gasteiger partial charge in [0, 0.05) is 45.0 Å². The molecule has 2 aromatic rings. The normalized spacial score (nSPS) is 15.3. The minimum Gasteiger partial charge on any atom is -0.381 e. The van der Waals surface area contributed by atoms with E-state index < -0.39 is 0 Å². The summed E-state index contributed by atoms with van der Waals surface area (Å²) in [7, 11) is 1.82. The molecule has 0 bridgehead atoms. The summed E-state index contributed by atoms with van der Waals surface area (Å²) in [6, 6.07) is 0. The number of carbonyl (C=O) groups excluding carboxylic acids is 1. The Morgan fingerprint density at radius 1 is 1.23 bits per heavy atom. The van der Waals surface area contributed by atoms with Gasteiger partial charge in [-0.05, 0) is 37.2 Å². The molecule has 0 atom stereocenters. The lowest BCUT2D eigenvalue weighted by Crippen LogP contribution is -2.29. The SMILES string of the molecule is CSCCCN(C)C(=O)c1cncc(-c2cn(CC3CCOCC3)c(C(C)(C)C)n2)n1. The molecule has 1 fully saturated rings. The molecule has 1 aliphatic heterocycles. The number of rotatable bonds is 8. The van der Waals surface area contributed by atoms with Gasteiger partial charge in [-0.3, -0.25) is 9.78 Å². The summed E-state index contributed by atoms with van der Waals surface area (Å²) in [5, 5.41) is 0. The molecule has 3 heterocycles. The zero-order valence-corrected chi connectivity index (χ0v) is 20.2. The van der Waals surface area contributed by atoms with Crippen molar-refractivity contribution >= 4 is 17.7 Å². The molecule has 170 valence electrons. The van der Waals surface area contributed by atoms with Gasteiger partial charge in [-0.15, -0.1) is 0 Å². The molecule has 0 unspecified atom stereocenters. The fourth-order valence-corrected chi connectivity index (χ4v) is 4.24. The minimum absolute atomic E-state index is 0.0955. The van der Waals surface area contributed by atoms with E-state index in [1.807, 2.05) is 7.05 Å². The Kier molecular flexibility index (Phi) is 8.11. The quantitative estimate of drug-likeness (QED) is 0.574. The molecule has 1 aliphatic rings. The van der Waals surface area contributed by atoms with Crippen LogP contribution in [0.4, 0.5) is 0 Å². The molecule has 1 saturated heterocycles. The van der Waals surface area contributed by atoms with Crippen molar-refractivity contribution in [2.45, 2.75) is 52.0 Å². The van der Waals surface area contributed by atoms with Gasteiger partial charge >= 0.3 is 0 Å². The van der Waals surface area contributed by atoms with E-state index >= 15 is 0 Å². The highest BCUT2D eigenvalue weighted by Gasteiger charge is 2.25. The summed E-state index contributed by atoms with van der Waals surface area (Å²) in [5.41, 5.74) is 1.67. The zero-order valence-electron chi connectivity index (χ0n) is 19.4. The summed E-state index contributed by atoms with van der Waals surface area (Å²) < 4.78 is 7.77. The second-order valence-corrected chi connectivity index (χ2v) is 10.3. The van der Waals surface area contributed by atoms with Crippen LogP contribution < -0.4 is 0 Å². The number of ether oxygens (including phenoxy) is 1. The van der Waals surface area contributed by atoms with Crippen LogP contribution in [0.5, 0.6) is 0 Å². The van der Waals surface area contributed by atoms with E-state index in [0.717, 1.165) is 56.3 Å². The molecule has 0 radical (unpaired) electrons. The summed E-state index contributed by atoms with van der Waals surface area (Å²) >= 11 is 1.79. The lowest BCUT2D eigenvalue weighted by molar-refractivity contribution is 0.0607. The van der Waals surface area contributed by atoms with E-state index in [4.69, 9.17) is 9.72 Å². The van der Waals surface area contributed by atoms with Gasteiger partial charge in [-0.1, -0.05) is 20.8 Å². The maximum Gasteiger partial charge on any atom is 0.273 e. The molecular weight excluding hydrogens is 410 g/mol. The average molecular weight is 446 g/mol. The number of hydrogen-bond acceptors (Lipinski definition) is 6. The minimum atomic E-state index is -0.104. The molecule has 7 nitrogen and oxygen atoms in total. The molecule has 3 rings (SSSR count). The van der Waals surface area contributed by atoms with E-state index in [1.165, 1.54) is 0 Å². The maximum atomic E-state index is 12.8. The van der Waals surface area contributed by atoms with Crippen LogP contribution >= 0.6 is 11.8 Å². The van der Waals surface area contributed by atoms with Crippen LogP contribution in [0.2, 0.25) is 0 Å². The number of nitrogens with zero attached hydrogens (tertiary/aromatic N) is 5.